The maximum absolute atomic E-state index is 11.4. The number of aliphatic hydroxyl groups excluding tert-OH is 4. The molecule has 1 aliphatic heterocycles. The average molecular weight is 345 g/mol. The molecule has 0 radical (unpaired) electrons. The quantitative estimate of drug-likeness (QED) is 0.211. The fraction of sp³-hybridized carbons (Fsp3) is 0.900. The molecule has 1 amide bonds. The Hall–Kier alpha value is -1.02. The van der Waals surface area contributed by atoms with Gasteiger partial charge in [-0.2, -0.15) is 8.42 Å². The fourth-order valence-corrected chi connectivity index (χ4v) is 2.27. The third-order valence-corrected chi connectivity index (χ3v) is 3.72. The second kappa shape index (κ2) is 8.01. The second-order valence-corrected chi connectivity index (χ2v) is 6.24. The van der Waals surface area contributed by atoms with Crippen LogP contribution in [0.5, 0.6) is 0 Å². The van der Waals surface area contributed by atoms with Gasteiger partial charge in [0.05, 0.1) is 12.4 Å². The summed E-state index contributed by atoms with van der Waals surface area (Å²) >= 11 is 0. The van der Waals surface area contributed by atoms with Crippen LogP contribution in [0.25, 0.3) is 0 Å². The Bertz CT molecular complexity index is 466. The largest absolute Gasteiger partial charge is 0.417 e. The van der Waals surface area contributed by atoms with Crippen molar-refractivity contribution in [1.29, 1.82) is 0 Å². The number of hydrogen-bond donors (Lipinski definition) is 6. The van der Waals surface area contributed by atoms with Gasteiger partial charge in [0.25, 0.3) is 10.1 Å². The highest BCUT2D eigenvalue weighted by Gasteiger charge is 2.45. The summed E-state index contributed by atoms with van der Waals surface area (Å²) in [6.07, 6.45) is -8.93. The number of nitrogens with one attached hydrogen (secondary N) is 1. The molecule has 0 aromatic rings. The van der Waals surface area contributed by atoms with Crippen LogP contribution in [-0.2, 0) is 19.6 Å². The van der Waals surface area contributed by atoms with E-state index in [1.54, 1.807) is 0 Å². The molecule has 0 spiro atoms. The highest BCUT2D eigenvalue weighted by molar-refractivity contribution is 7.85. The molecule has 6 N–H and O–H groups in total. The summed E-state index contributed by atoms with van der Waals surface area (Å²) in [6.45, 7) is -0.795. The van der Waals surface area contributed by atoms with Gasteiger partial charge in [-0.05, 0) is 6.42 Å². The zero-order chi connectivity index (χ0) is 16.9. The van der Waals surface area contributed by atoms with Crippen molar-refractivity contribution < 1.29 is 47.7 Å². The SMILES string of the molecule is O=C(NCCCS(=O)(=O)O)OC1OC(CO)[C@@H](O)[C@H](O)[C@H]1O. The molecule has 130 valence electrons. The van der Waals surface area contributed by atoms with Crippen molar-refractivity contribution in [3.05, 3.63) is 0 Å². The lowest BCUT2D eigenvalue weighted by atomic mass is 9.99. The summed E-state index contributed by atoms with van der Waals surface area (Å²) in [4.78, 5) is 11.4. The molecule has 5 atom stereocenters. The molecule has 0 aliphatic carbocycles. The second-order valence-electron chi connectivity index (χ2n) is 4.67. The lowest BCUT2D eigenvalue weighted by Gasteiger charge is -2.39. The number of alkyl carbamates (subject to hydrolysis) is 1. The number of amides is 1. The van der Waals surface area contributed by atoms with Gasteiger partial charge in [-0.1, -0.05) is 0 Å². The number of ether oxygens (including phenoxy) is 2. The third-order valence-electron chi connectivity index (χ3n) is 2.92. The van der Waals surface area contributed by atoms with Gasteiger partial charge in [0.2, 0.25) is 6.29 Å². The van der Waals surface area contributed by atoms with Crippen molar-refractivity contribution >= 4 is 16.2 Å². The van der Waals surface area contributed by atoms with E-state index in [1.165, 1.54) is 0 Å². The Kier molecular flexibility index (Phi) is 6.93. The van der Waals surface area contributed by atoms with E-state index >= 15 is 0 Å². The highest BCUT2D eigenvalue weighted by Crippen LogP contribution is 2.21. The Labute approximate surface area is 126 Å². The minimum absolute atomic E-state index is 0.0669. The first-order valence-electron chi connectivity index (χ1n) is 6.36. The first-order valence-corrected chi connectivity index (χ1v) is 7.97. The summed E-state index contributed by atoms with van der Waals surface area (Å²) < 4.78 is 39.0. The molecule has 0 saturated carbocycles. The van der Waals surface area contributed by atoms with Crippen molar-refractivity contribution in [3.8, 4) is 0 Å². The van der Waals surface area contributed by atoms with E-state index in [0.717, 1.165) is 0 Å². The predicted molar refractivity (Wildman–Crippen MR) is 69.3 cm³/mol. The predicted octanol–water partition coefficient (Wildman–Crippen LogP) is -3.21. The van der Waals surface area contributed by atoms with Crippen molar-refractivity contribution in [2.45, 2.75) is 37.1 Å². The third kappa shape index (κ3) is 5.64. The average Bonchev–Trinajstić information content (AvgIpc) is 2.43. The van der Waals surface area contributed by atoms with Crippen LogP contribution in [0, 0.1) is 0 Å². The topological polar surface area (TPSA) is 183 Å². The molecule has 0 aromatic heterocycles. The van der Waals surface area contributed by atoms with E-state index in [4.69, 9.17) is 14.4 Å². The molecule has 12 heteroatoms. The van der Waals surface area contributed by atoms with Crippen molar-refractivity contribution in [2.24, 2.45) is 0 Å². The minimum atomic E-state index is -4.13. The van der Waals surface area contributed by atoms with Crippen molar-refractivity contribution in [2.75, 3.05) is 18.9 Å². The van der Waals surface area contributed by atoms with Crippen LogP contribution < -0.4 is 5.32 Å². The lowest BCUT2D eigenvalue weighted by Crippen LogP contribution is -2.59. The van der Waals surface area contributed by atoms with Gasteiger partial charge in [0.1, 0.15) is 24.4 Å². The van der Waals surface area contributed by atoms with E-state index in [2.05, 4.69) is 10.1 Å². The van der Waals surface area contributed by atoms with Gasteiger partial charge in [0.15, 0.2) is 0 Å². The zero-order valence-corrected chi connectivity index (χ0v) is 12.2. The standard InChI is InChI=1S/C10H19NO10S/c12-4-5-6(13)7(14)8(15)9(20-5)21-10(16)11-2-1-3-22(17,18)19/h5-9,12-15H,1-4H2,(H,11,16)(H,17,18,19)/t5?,6-,7+,8-,9?/m1/s1. The number of hydrogen-bond acceptors (Lipinski definition) is 9. The summed E-state index contributed by atoms with van der Waals surface area (Å²) in [6, 6.07) is 0. The van der Waals surface area contributed by atoms with Crippen molar-refractivity contribution in [3.63, 3.8) is 0 Å². The molecule has 22 heavy (non-hydrogen) atoms. The first kappa shape index (κ1) is 19.0. The van der Waals surface area contributed by atoms with E-state index < -0.39 is 59.3 Å². The molecule has 11 nitrogen and oxygen atoms in total. The molecule has 1 rings (SSSR count). The number of carbonyl (C=O) groups is 1. The first-order chi connectivity index (χ1) is 10.2. The van der Waals surface area contributed by atoms with Gasteiger partial charge >= 0.3 is 6.09 Å². The van der Waals surface area contributed by atoms with Gasteiger partial charge in [-0.15, -0.1) is 0 Å². The van der Waals surface area contributed by atoms with Crippen LogP contribution in [0.15, 0.2) is 0 Å². The van der Waals surface area contributed by atoms with Gasteiger partial charge in [0, 0.05) is 6.54 Å². The van der Waals surface area contributed by atoms with Gasteiger partial charge in [-0.25, -0.2) is 4.79 Å². The van der Waals surface area contributed by atoms with E-state index in [-0.39, 0.29) is 13.0 Å². The molecular formula is C10H19NO10S. The Balaban J connectivity index is 2.42. The Morgan fingerprint density at radius 1 is 1.18 bits per heavy atom. The minimum Gasteiger partial charge on any atom is -0.417 e. The summed E-state index contributed by atoms with van der Waals surface area (Å²) in [5, 5.41) is 39.7. The van der Waals surface area contributed by atoms with Crippen molar-refractivity contribution in [1.82, 2.24) is 5.32 Å². The molecule has 1 saturated heterocycles. The van der Waals surface area contributed by atoms with Crippen LogP contribution in [0.2, 0.25) is 0 Å². The molecule has 1 heterocycles. The fourth-order valence-electron chi connectivity index (χ4n) is 1.76. The Morgan fingerprint density at radius 3 is 2.36 bits per heavy atom. The van der Waals surface area contributed by atoms with Gasteiger partial charge in [-0.3, -0.25) is 4.55 Å². The van der Waals surface area contributed by atoms with E-state index in [9.17, 15) is 28.5 Å². The number of rotatable bonds is 6. The molecular weight excluding hydrogens is 326 g/mol. The van der Waals surface area contributed by atoms with Crippen LogP contribution in [0.3, 0.4) is 0 Å². The van der Waals surface area contributed by atoms with Crippen LogP contribution in [-0.4, -0.2) is 89.1 Å². The zero-order valence-electron chi connectivity index (χ0n) is 11.4. The summed E-state index contributed by atoms with van der Waals surface area (Å²) in [5.41, 5.74) is 0. The maximum atomic E-state index is 11.4. The van der Waals surface area contributed by atoms with Gasteiger partial charge < -0.3 is 35.2 Å². The smallest absolute Gasteiger partial charge is 0.409 e. The number of carbonyl (C=O) groups excluding carboxylic acids is 1. The maximum Gasteiger partial charge on any atom is 0.409 e. The summed E-state index contributed by atoms with van der Waals surface area (Å²) in [7, 11) is -4.13. The molecule has 0 bridgehead atoms. The highest BCUT2D eigenvalue weighted by atomic mass is 32.2. The van der Waals surface area contributed by atoms with Crippen LogP contribution in [0.1, 0.15) is 6.42 Å². The number of aliphatic hydroxyl groups is 4. The van der Waals surface area contributed by atoms with E-state index in [1.807, 2.05) is 0 Å². The monoisotopic (exact) mass is 345 g/mol. The van der Waals surface area contributed by atoms with Crippen LogP contribution >= 0.6 is 0 Å². The molecule has 1 fully saturated rings. The van der Waals surface area contributed by atoms with Crippen LogP contribution in [0.4, 0.5) is 4.79 Å². The van der Waals surface area contributed by atoms with E-state index in [0.29, 0.717) is 0 Å². The lowest BCUT2D eigenvalue weighted by molar-refractivity contribution is -0.284. The molecule has 0 aromatic carbocycles. The Morgan fingerprint density at radius 2 is 1.82 bits per heavy atom. The molecule has 1 aliphatic rings. The summed E-state index contributed by atoms with van der Waals surface area (Å²) in [5.74, 6) is -0.548. The normalized spacial score (nSPS) is 32.5. The molecule has 2 unspecified atom stereocenters.